The minimum absolute atomic E-state index is 0.544. The van der Waals surface area contributed by atoms with E-state index in [4.69, 9.17) is 21.1 Å². The maximum Gasteiger partial charge on any atom is 0.205 e. The van der Waals surface area contributed by atoms with E-state index >= 15 is 0 Å². The van der Waals surface area contributed by atoms with Crippen LogP contribution in [0.15, 0.2) is 84.7 Å². The molecule has 2 nitrogen and oxygen atoms in total. The average molecular weight is 299 g/mol. The first-order valence-corrected chi connectivity index (χ1v) is 7.17. The molecule has 3 rings (SSSR count). The van der Waals surface area contributed by atoms with Gasteiger partial charge in [0.15, 0.2) is 0 Å². The van der Waals surface area contributed by atoms with Crippen molar-refractivity contribution in [3.05, 3.63) is 84.7 Å². The minimum atomic E-state index is -0.856. The van der Waals surface area contributed by atoms with E-state index in [1.54, 1.807) is 0 Å². The Morgan fingerprint density at radius 1 is 0.857 bits per heavy atom. The van der Waals surface area contributed by atoms with E-state index in [0.29, 0.717) is 6.42 Å². The van der Waals surface area contributed by atoms with Gasteiger partial charge in [-0.05, 0) is 42.5 Å². The molecule has 0 spiro atoms. The maximum absolute atomic E-state index is 6.47. The second kappa shape index (κ2) is 6.06. The van der Waals surface area contributed by atoms with E-state index in [1.807, 2.05) is 78.9 Å². The number of alkyl halides is 1. The van der Waals surface area contributed by atoms with E-state index < -0.39 is 5.06 Å². The summed E-state index contributed by atoms with van der Waals surface area (Å²) in [6, 6.07) is 19.2. The largest absolute Gasteiger partial charge is 0.468 e. The molecule has 0 amide bonds. The summed E-state index contributed by atoms with van der Waals surface area (Å²) in [5, 5.41) is -0.856. The van der Waals surface area contributed by atoms with Gasteiger partial charge in [-0.3, -0.25) is 0 Å². The molecule has 0 saturated carbocycles. The first-order valence-electron chi connectivity index (χ1n) is 6.79. The zero-order valence-corrected chi connectivity index (χ0v) is 12.2. The number of hydrogen-bond acceptors (Lipinski definition) is 2. The van der Waals surface area contributed by atoms with Crippen LogP contribution in [0, 0.1) is 0 Å². The molecule has 2 aromatic carbocycles. The standard InChI is InChI=1S/C18H15ClO2/c19-18(21-17-9-5-2-6-10-17)13-11-16(12-14-18)20-15-7-3-1-4-8-15/h1-13H,14H2. The van der Waals surface area contributed by atoms with Gasteiger partial charge in [-0.2, -0.15) is 0 Å². The summed E-state index contributed by atoms with van der Waals surface area (Å²) in [4.78, 5) is 0. The van der Waals surface area contributed by atoms with Crippen molar-refractivity contribution in [1.29, 1.82) is 0 Å². The van der Waals surface area contributed by atoms with Crippen LogP contribution < -0.4 is 9.47 Å². The summed E-state index contributed by atoms with van der Waals surface area (Å²) >= 11 is 6.47. The van der Waals surface area contributed by atoms with Crippen molar-refractivity contribution in [2.75, 3.05) is 0 Å². The molecule has 0 bridgehead atoms. The van der Waals surface area contributed by atoms with Gasteiger partial charge >= 0.3 is 0 Å². The predicted octanol–water partition coefficient (Wildman–Crippen LogP) is 4.92. The van der Waals surface area contributed by atoms with Gasteiger partial charge in [-0.25, -0.2) is 0 Å². The van der Waals surface area contributed by atoms with Crippen molar-refractivity contribution < 1.29 is 9.47 Å². The Kier molecular flexibility index (Phi) is 3.98. The van der Waals surface area contributed by atoms with Crippen LogP contribution in [0.3, 0.4) is 0 Å². The molecule has 0 fully saturated rings. The predicted molar refractivity (Wildman–Crippen MR) is 84.6 cm³/mol. The van der Waals surface area contributed by atoms with E-state index in [9.17, 15) is 0 Å². The number of benzene rings is 2. The lowest BCUT2D eigenvalue weighted by Crippen LogP contribution is -2.28. The topological polar surface area (TPSA) is 18.5 Å². The molecule has 1 unspecified atom stereocenters. The highest BCUT2D eigenvalue weighted by Crippen LogP contribution is 2.31. The summed E-state index contributed by atoms with van der Waals surface area (Å²) in [6.45, 7) is 0. The zero-order valence-electron chi connectivity index (χ0n) is 11.4. The minimum Gasteiger partial charge on any atom is -0.468 e. The van der Waals surface area contributed by atoms with Gasteiger partial charge < -0.3 is 9.47 Å². The zero-order chi connectivity index (χ0) is 14.5. The smallest absolute Gasteiger partial charge is 0.205 e. The van der Waals surface area contributed by atoms with Crippen molar-refractivity contribution in [3.8, 4) is 11.5 Å². The van der Waals surface area contributed by atoms with Crippen LogP contribution in [-0.4, -0.2) is 5.06 Å². The summed E-state index contributed by atoms with van der Waals surface area (Å²) in [5.41, 5.74) is 0. The lowest BCUT2D eigenvalue weighted by molar-refractivity contribution is 0.206. The lowest BCUT2D eigenvalue weighted by atomic mass is 10.1. The Balaban J connectivity index is 1.65. The molecule has 0 radical (unpaired) electrons. The van der Waals surface area contributed by atoms with Crippen molar-refractivity contribution >= 4 is 11.6 Å². The highest BCUT2D eigenvalue weighted by Gasteiger charge is 2.28. The van der Waals surface area contributed by atoms with Gasteiger partial charge in [0.25, 0.3) is 0 Å². The molecule has 0 heterocycles. The molecule has 21 heavy (non-hydrogen) atoms. The number of hydrogen-bond donors (Lipinski definition) is 0. The van der Waals surface area contributed by atoms with Crippen LogP contribution in [0.2, 0.25) is 0 Å². The highest BCUT2D eigenvalue weighted by molar-refractivity contribution is 6.24. The number of para-hydroxylation sites is 2. The molecule has 0 N–H and O–H groups in total. The fourth-order valence-electron chi connectivity index (χ4n) is 2.04. The van der Waals surface area contributed by atoms with E-state index in [2.05, 4.69) is 0 Å². The fraction of sp³-hybridized carbons (Fsp3) is 0.111. The summed E-state index contributed by atoms with van der Waals surface area (Å²) < 4.78 is 11.6. The first kappa shape index (κ1) is 13.8. The van der Waals surface area contributed by atoms with Gasteiger partial charge in [0.2, 0.25) is 5.06 Å². The normalized spacial score (nSPS) is 20.7. The monoisotopic (exact) mass is 298 g/mol. The van der Waals surface area contributed by atoms with E-state index in [0.717, 1.165) is 17.3 Å². The van der Waals surface area contributed by atoms with Gasteiger partial charge in [0.05, 0.1) is 0 Å². The van der Waals surface area contributed by atoms with Crippen molar-refractivity contribution in [2.24, 2.45) is 0 Å². The number of ether oxygens (including phenoxy) is 2. The summed E-state index contributed by atoms with van der Waals surface area (Å²) in [6.07, 6.45) is 6.14. The van der Waals surface area contributed by atoms with Crippen LogP contribution in [-0.2, 0) is 0 Å². The molecule has 0 aromatic heterocycles. The van der Waals surface area contributed by atoms with Gasteiger partial charge in [0, 0.05) is 6.42 Å². The first-order chi connectivity index (χ1) is 10.2. The molecule has 2 aromatic rings. The second-order valence-corrected chi connectivity index (χ2v) is 5.40. The molecular weight excluding hydrogens is 284 g/mol. The molecule has 0 aliphatic heterocycles. The van der Waals surface area contributed by atoms with Crippen molar-refractivity contribution in [2.45, 2.75) is 11.5 Å². The quantitative estimate of drug-likeness (QED) is 0.746. The molecule has 1 atom stereocenters. The third-order valence-electron chi connectivity index (χ3n) is 3.09. The van der Waals surface area contributed by atoms with Gasteiger partial charge in [-0.15, -0.1) is 0 Å². The van der Waals surface area contributed by atoms with E-state index in [-0.39, 0.29) is 0 Å². The Morgan fingerprint density at radius 3 is 2.05 bits per heavy atom. The lowest BCUT2D eigenvalue weighted by Gasteiger charge is -2.26. The molecule has 3 heteroatoms. The molecule has 1 aliphatic carbocycles. The molecule has 1 aliphatic rings. The SMILES string of the molecule is ClC1(Oc2ccccc2)C=CC(Oc2ccccc2)=CC1. The molecule has 0 saturated heterocycles. The van der Waals surface area contributed by atoms with Crippen LogP contribution >= 0.6 is 11.6 Å². The van der Waals surface area contributed by atoms with Crippen molar-refractivity contribution in [3.63, 3.8) is 0 Å². The third kappa shape index (κ3) is 3.67. The van der Waals surface area contributed by atoms with Crippen molar-refractivity contribution in [1.82, 2.24) is 0 Å². The Labute approximate surface area is 129 Å². The highest BCUT2D eigenvalue weighted by atomic mass is 35.5. The summed E-state index contributed by atoms with van der Waals surface area (Å²) in [7, 11) is 0. The van der Waals surface area contributed by atoms with Crippen LogP contribution in [0.4, 0.5) is 0 Å². The molecule has 106 valence electrons. The number of allylic oxidation sites excluding steroid dienone is 1. The van der Waals surface area contributed by atoms with Crippen LogP contribution in [0.1, 0.15) is 6.42 Å². The fourth-order valence-corrected chi connectivity index (χ4v) is 2.27. The van der Waals surface area contributed by atoms with E-state index in [1.165, 1.54) is 0 Å². The Morgan fingerprint density at radius 2 is 1.48 bits per heavy atom. The second-order valence-electron chi connectivity index (χ2n) is 4.76. The Bertz CT molecular complexity index is 649. The Hall–Kier alpha value is -2.19. The number of halogens is 1. The third-order valence-corrected chi connectivity index (χ3v) is 3.45. The van der Waals surface area contributed by atoms with Crippen LogP contribution in [0.25, 0.3) is 0 Å². The maximum atomic E-state index is 6.47. The van der Waals surface area contributed by atoms with Gasteiger partial charge in [-0.1, -0.05) is 48.0 Å². The molecular formula is C18H15ClO2. The average Bonchev–Trinajstić information content (AvgIpc) is 2.52. The van der Waals surface area contributed by atoms with Gasteiger partial charge in [0.1, 0.15) is 17.3 Å². The van der Waals surface area contributed by atoms with Crippen LogP contribution in [0.5, 0.6) is 11.5 Å². The number of rotatable bonds is 4. The summed E-state index contributed by atoms with van der Waals surface area (Å²) in [5.74, 6) is 2.33.